The first-order chi connectivity index (χ1) is 10.8. The number of benzene rings is 2. The topological polar surface area (TPSA) is 89.3 Å². The summed E-state index contributed by atoms with van der Waals surface area (Å²) in [5.41, 5.74) is 3.67. The number of hydrogen-bond donors (Lipinski definition) is 2. The molecule has 122 valence electrons. The van der Waals surface area contributed by atoms with Gasteiger partial charge >= 0.3 is 0 Å². The lowest BCUT2D eigenvalue weighted by Crippen LogP contribution is -2.25. The predicted molar refractivity (Wildman–Crippen MR) is 89.8 cm³/mol. The smallest absolute Gasteiger partial charge is 0.251 e. The van der Waals surface area contributed by atoms with E-state index in [2.05, 4.69) is 5.32 Å². The van der Waals surface area contributed by atoms with Crippen molar-refractivity contribution in [3.8, 4) is 0 Å². The molecule has 0 fully saturated rings. The molecule has 0 saturated heterocycles. The van der Waals surface area contributed by atoms with Gasteiger partial charge in [0, 0.05) is 12.1 Å². The molecule has 1 amide bonds. The minimum Gasteiger partial charge on any atom is -0.352 e. The van der Waals surface area contributed by atoms with Crippen LogP contribution in [0.2, 0.25) is 0 Å². The van der Waals surface area contributed by atoms with E-state index < -0.39 is 10.0 Å². The van der Waals surface area contributed by atoms with Crippen molar-refractivity contribution >= 4 is 15.9 Å². The van der Waals surface area contributed by atoms with Crippen molar-refractivity contribution < 1.29 is 13.2 Å². The normalized spacial score (nSPS) is 11.3. The van der Waals surface area contributed by atoms with Crippen molar-refractivity contribution in [2.45, 2.75) is 25.2 Å². The Morgan fingerprint density at radius 1 is 1.04 bits per heavy atom. The minimum absolute atomic E-state index is 0.0838. The molecule has 5 nitrogen and oxygen atoms in total. The monoisotopic (exact) mass is 332 g/mol. The molecule has 2 aromatic carbocycles. The fraction of sp³-hybridized carbons (Fsp3) is 0.235. The Morgan fingerprint density at radius 3 is 2.13 bits per heavy atom. The number of rotatable bonds is 5. The fourth-order valence-corrected chi connectivity index (χ4v) is 2.89. The van der Waals surface area contributed by atoms with Crippen LogP contribution in [0.5, 0.6) is 0 Å². The number of hydrogen-bond acceptors (Lipinski definition) is 3. The molecule has 0 heterocycles. The van der Waals surface area contributed by atoms with E-state index in [0.29, 0.717) is 18.5 Å². The highest BCUT2D eigenvalue weighted by molar-refractivity contribution is 7.89. The molecule has 2 rings (SSSR count). The zero-order valence-corrected chi connectivity index (χ0v) is 14.0. The Kier molecular flexibility index (Phi) is 5.18. The van der Waals surface area contributed by atoms with Gasteiger partial charge < -0.3 is 5.32 Å². The first-order valence-corrected chi connectivity index (χ1v) is 8.78. The summed E-state index contributed by atoms with van der Waals surface area (Å²) in [4.78, 5) is 12.2. The molecule has 0 bridgehead atoms. The van der Waals surface area contributed by atoms with Crippen molar-refractivity contribution in [1.29, 1.82) is 0 Å². The number of sulfonamides is 1. The molecule has 0 aliphatic carbocycles. The number of primary sulfonamides is 1. The maximum absolute atomic E-state index is 12.1. The molecule has 0 aromatic heterocycles. The molecule has 0 spiro atoms. The van der Waals surface area contributed by atoms with Gasteiger partial charge in [0.1, 0.15) is 0 Å². The number of aryl methyl sites for hydroxylation is 2. The third-order valence-corrected chi connectivity index (χ3v) is 4.36. The lowest BCUT2D eigenvalue weighted by molar-refractivity contribution is 0.0954. The first kappa shape index (κ1) is 17.2. The van der Waals surface area contributed by atoms with Gasteiger partial charge in [0.05, 0.1) is 4.90 Å². The highest BCUT2D eigenvalue weighted by Gasteiger charge is 2.08. The lowest BCUT2D eigenvalue weighted by atomic mass is 10.1. The molecule has 0 aliphatic rings. The molecule has 3 N–H and O–H groups in total. The number of carbonyl (C=O) groups excluding carboxylic acids is 1. The number of amides is 1. The van der Waals surface area contributed by atoms with E-state index >= 15 is 0 Å². The van der Waals surface area contributed by atoms with E-state index in [-0.39, 0.29) is 10.8 Å². The average Bonchev–Trinajstić information content (AvgIpc) is 2.45. The third kappa shape index (κ3) is 4.91. The van der Waals surface area contributed by atoms with E-state index in [9.17, 15) is 13.2 Å². The average molecular weight is 332 g/mol. The molecule has 0 atom stereocenters. The zero-order valence-electron chi connectivity index (χ0n) is 13.2. The number of nitrogens with two attached hydrogens (primary N) is 1. The predicted octanol–water partition coefficient (Wildman–Crippen LogP) is 1.92. The third-order valence-electron chi connectivity index (χ3n) is 3.43. The Labute approximate surface area is 136 Å². The largest absolute Gasteiger partial charge is 0.352 e. The van der Waals surface area contributed by atoms with Crippen molar-refractivity contribution in [2.24, 2.45) is 5.14 Å². The highest BCUT2D eigenvalue weighted by Crippen LogP contribution is 2.10. The van der Waals surface area contributed by atoms with Gasteiger partial charge in [0.2, 0.25) is 10.0 Å². The van der Waals surface area contributed by atoms with Crippen molar-refractivity contribution in [3.05, 3.63) is 64.7 Å². The van der Waals surface area contributed by atoms with Gasteiger partial charge in [0.15, 0.2) is 0 Å². The summed E-state index contributed by atoms with van der Waals surface area (Å²) < 4.78 is 22.4. The number of nitrogens with one attached hydrogen (secondary N) is 1. The van der Waals surface area contributed by atoms with Gasteiger partial charge in [-0.25, -0.2) is 13.6 Å². The highest BCUT2D eigenvalue weighted by atomic mass is 32.2. The van der Waals surface area contributed by atoms with Crippen molar-refractivity contribution in [3.63, 3.8) is 0 Å². The van der Waals surface area contributed by atoms with Gasteiger partial charge in [0.25, 0.3) is 5.91 Å². The van der Waals surface area contributed by atoms with Crippen LogP contribution in [0, 0.1) is 13.8 Å². The van der Waals surface area contributed by atoms with E-state index in [1.54, 1.807) is 12.1 Å². The van der Waals surface area contributed by atoms with Crippen LogP contribution in [-0.2, 0) is 16.4 Å². The molecule has 0 unspecified atom stereocenters. The van der Waals surface area contributed by atoms with Crippen LogP contribution >= 0.6 is 0 Å². The second kappa shape index (κ2) is 6.93. The second-order valence-electron chi connectivity index (χ2n) is 5.57. The summed E-state index contributed by atoms with van der Waals surface area (Å²) in [6.45, 7) is 4.38. The van der Waals surface area contributed by atoms with Gasteiger partial charge in [-0.3, -0.25) is 4.79 Å². The fourth-order valence-electron chi connectivity index (χ4n) is 2.37. The number of carbonyl (C=O) groups is 1. The van der Waals surface area contributed by atoms with E-state index in [0.717, 1.165) is 16.7 Å². The maximum Gasteiger partial charge on any atom is 0.251 e. The van der Waals surface area contributed by atoms with Crippen LogP contribution in [0.1, 0.15) is 27.0 Å². The first-order valence-electron chi connectivity index (χ1n) is 7.24. The molecule has 0 radical (unpaired) electrons. The Balaban J connectivity index is 1.93. The molecule has 23 heavy (non-hydrogen) atoms. The standard InChI is InChI=1S/C17H20N2O3S/c1-12-9-13(2)11-15(10-12)17(20)19-8-7-14-3-5-16(6-4-14)23(18,21)22/h3-6,9-11H,7-8H2,1-2H3,(H,19,20)(H2,18,21,22). The second-order valence-corrected chi connectivity index (χ2v) is 7.13. The Hall–Kier alpha value is -2.18. The van der Waals surface area contributed by atoms with Crippen molar-refractivity contribution in [2.75, 3.05) is 6.54 Å². The molecule has 2 aromatic rings. The van der Waals surface area contributed by atoms with Gasteiger partial charge in [-0.05, 0) is 50.1 Å². The van der Waals surface area contributed by atoms with E-state index in [1.807, 2.05) is 32.0 Å². The quantitative estimate of drug-likeness (QED) is 0.876. The molecule has 0 saturated carbocycles. The zero-order chi connectivity index (χ0) is 17.0. The Morgan fingerprint density at radius 2 is 1.61 bits per heavy atom. The van der Waals surface area contributed by atoms with Crippen LogP contribution in [-0.4, -0.2) is 20.9 Å². The van der Waals surface area contributed by atoms with Gasteiger partial charge in [-0.1, -0.05) is 29.3 Å². The Bertz CT molecular complexity index is 792. The molecule has 0 aliphatic heterocycles. The van der Waals surface area contributed by atoms with E-state index in [4.69, 9.17) is 5.14 Å². The van der Waals surface area contributed by atoms with Gasteiger partial charge in [-0.2, -0.15) is 0 Å². The summed E-state index contributed by atoms with van der Waals surface area (Å²) >= 11 is 0. The van der Waals surface area contributed by atoms with Crippen molar-refractivity contribution in [1.82, 2.24) is 5.32 Å². The maximum atomic E-state index is 12.1. The summed E-state index contributed by atoms with van der Waals surface area (Å²) in [5, 5.41) is 7.92. The molecular formula is C17H20N2O3S. The SMILES string of the molecule is Cc1cc(C)cc(C(=O)NCCc2ccc(S(N)(=O)=O)cc2)c1. The van der Waals surface area contributed by atoms with Gasteiger partial charge in [-0.15, -0.1) is 0 Å². The lowest BCUT2D eigenvalue weighted by Gasteiger charge is -2.08. The molecule has 6 heteroatoms. The summed E-state index contributed by atoms with van der Waals surface area (Å²) in [7, 11) is -3.67. The molecular weight excluding hydrogens is 312 g/mol. The van der Waals surface area contributed by atoms with Crippen LogP contribution in [0.4, 0.5) is 0 Å². The van der Waals surface area contributed by atoms with Crippen LogP contribution < -0.4 is 10.5 Å². The minimum atomic E-state index is -3.67. The van der Waals surface area contributed by atoms with Crippen LogP contribution in [0.25, 0.3) is 0 Å². The van der Waals surface area contributed by atoms with Crippen LogP contribution in [0.3, 0.4) is 0 Å². The van der Waals surface area contributed by atoms with E-state index in [1.165, 1.54) is 12.1 Å². The summed E-state index contributed by atoms with van der Waals surface area (Å²) in [5.74, 6) is -0.113. The summed E-state index contributed by atoms with van der Waals surface area (Å²) in [6, 6.07) is 12.1. The van der Waals surface area contributed by atoms with Crippen LogP contribution in [0.15, 0.2) is 47.4 Å². The summed E-state index contributed by atoms with van der Waals surface area (Å²) in [6.07, 6.45) is 0.613.